The topological polar surface area (TPSA) is 48.4 Å². The van der Waals surface area contributed by atoms with E-state index in [9.17, 15) is 4.79 Å². The molecule has 4 heteroatoms. The lowest BCUT2D eigenvalue weighted by Gasteiger charge is -1.97. The second-order valence-corrected chi connectivity index (χ2v) is 2.96. The lowest BCUT2D eigenvalue weighted by Crippen LogP contribution is -1.98. The number of pyridine rings is 1. The van der Waals surface area contributed by atoms with Gasteiger partial charge in [-0.15, -0.1) is 0 Å². The molecule has 0 aliphatic rings. The zero-order chi connectivity index (χ0) is 11.8. The van der Waals surface area contributed by atoms with E-state index in [1.807, 2.05) is 0 Å². The summed E-state index contributed by atoms with van der Waals surface area (Å²) in [6, 6.07) is 3.49. The molecule has 16 heavy (non-hydrogen) atoms. The fourth-order valence-electron chi connectivity index (χ4n) is 1.03. The molecule has 1 aromatic heterocycles. The number of carbonyl (C=O) groups excluding carboxylic acids is 1. The van der Waals surface area contributed by atoms with Crippen molar-refractivity contribution in [2.24, 2.45) is 0 Å². The summed E-state index contributed by atoms with van der Waals surface area (Å²) >= 11 is 0. The Labute approximate surface area is 94.6 Å². The summed E-state index contributed by atoms with van der Waals surface area (Å²) in [5, 5.41) is 0. The molecule has 0 saturated carbocycles. The summed E-state index contributed by atoms with van der Waals surface area (Å²) < 4.78 is 9.53. The highest BCUT2D eigenvalue weighted by molar-refractivity contribution is 5.69. The minimum Gasteiger partial charge on any atom is -0.497 e. The van der Waals surface area contributed by atoms with Gasteiger partial charge in [-0.2, -0.15) is 0 Å². The maximum atomic E-state index is 10.8. The first-order chi connectivity index (χ1) is 7.76. The van der Waals surface area contributed by atoms with E-state index in [1.54, 1.807) is 25.4 Å². The van der Waals surface area contributed by atoms with Crippen LogP contribution in [0.25, 0.3) is 0 Å². The van der Waals surface area contributed by atoms with Crippen LogP contribution in [0, 0.1) is 11.8 Å². The number of rotatable bonds is 3. The van der Waals surface area contributed by atoms with Gasteiger partial charge in [-0.1, -0.05) is 5.92 Å². The third-order valence-electron chi connectivity index (χ3n) is 1.87. The Morgan fingerprint density at radius 1 is 1.50 bits per heavy atom. The van der Waals surface area contributed by atoms with Crippen LogP contribution >= 0.6 is 0 Å². The minimum atomic E-state index is -0.257. The molecule has 84 valence electrons. The molecule has 0 N–H and O–H groups in total. The van der Waals surface area contributed by atoms with E-state index in [2.05, 4.69) is 21.6 Å². The van der Waals surface area contributed by atoms with Crippen molar-refractivity contribution in [3.8, 4) is 17.6 Å². The Hall–Kier alpha value is -2.02. The van der Waals surface area contributed by atoms with Gasteiger partial charge in [0.1, 0.15) is 11.4 Å². The molecule has 1 rings (SSSR count). The Morgan fingerprint density at radius 2 is 2.31 bits per heavy atom. The maximum Gasteiger partial charge on any atom is 0.306 e. The van der Waals surface area contributed by atoms with Gasteiger partial charge < -0.3 is 9.47 Å². The molecular weight excluding hydrogens is 206 g/mol. The van der Waals surface area contributed by atoms with Crippen molar-refractivity contribution in [2.45, 2.75) is 12.8 Å². The second kappa shape index (κ2) is 6.46. The van der Waals surface area contributed by atoms with Gasteiger partial charge in [-0.05, 0) is 12.0 Å². The van der Waals surface area contributed by atoms with Crippen LogP contribution in [-0.2, 0) is 9.53 Å². The SMILES string of the molecule is COC(=O)CCC#Cc1cc(OC)ccn1. The summed E-state index contributed by atoms with van der Waals surface area (Å²) in [6.07, 6.45) is 2.39. The van der Waals surface area contributed by atoms with Gasteiger partial charge in [0.15, 0.2) is 0 Å². The minimum absolute atomic E-state index is 0.257. The monoisotopic (exact) mass is 219 g/mol. The predicted octanol–water partition coefficient (Wildman–Crippen LogP) is 1.39. The lowest BCUT2D eigenvalue weighted by atomic mass is 10.3. The molecule has 0 saturated heterocycles. The van der Waals surface area contributed by atoms with Gasteiger partial charge in [0.05, 0.1) is 20.6 Å². The number of aromatic nitrogens is 1. The summed E-state index contributed by atoms with van der Waals surface area (Å²) in [7, 11) is 2.95. The van der Waals surface area contributed by atoms with Crippen LogP contribution in [-0.4, -0.2) is 25.2 Å². The molecule has 0 atom stereocenters. The molecule has 0 bridgehead atoms. The Bertz CT molecular complexity index is 418. The van der Waals surface area contributed by atoms with E-state index >= 15 is 0 Å². The summed E-state index contributed by atoms with van der Waals surface area (Å²) in [5.74, 6) is 6.16. The van der Waals surface area contributed by atoms with Crippen LogP contribution in [0.15, 0.2) is 18.3 Å². The largest absolute Gasteiger partial charge is 0.497 e. The van der Waals surface area contributed by atoms with Crippen LogP contribution in [0.3, 0.4) is 0 Å². The van der Waals surface area contributed by atoms with Crippen molar-refractivity contribution in [3.05, 3.63) is 24.0 Å². The maximum absolute atomic E-state index is 10.8. The van der Waals surface area contributed by atoms with Crippen LogP contribution in [0.2, 0.25) is 0 Å². The third-order valence-corrected chi connectivity index (χ3v) is 1.87. The van der Waals surface area contributed by atoms with Crippen molar-refractivity contribution >= 4 is 5.97 Å². The zero-order valence-electron chi connectivity index (χ0n) is 9.32. The molecule has 0 fully saturated rings. The Balaban J connectivity index is 2.52. The molecule has 0 aromatic carbocycles. The van der Waals surface area contributed by atoms with Gasteiger partial charge in [0, 0.05) is 18.7 Å². The van der Waals surface area contributed by atoms with Gasteiger partial charge in [-0.25, -0.2) is 4.98 Å². The van der Waals surface area contributed by atoms with Crippen molar-refractivity contribution in [1.82, 2.24) is 4.98 Å². The first-order valence-electron chi connectivity index (χ1n) is 4.82. The molecule has 0 spiro atoms. The summed E-state index contributed by atoms with van der Waals surface area (Å²) in [6.45, 7) is 0. The van der Waals surface area contributed by atoms with Crippen LogP contribution < -0.4 is 4.74 Å². The van der Waals surface area contributed by atoms with Gasteiger partial charge in [0.25, 0.3) is 0 Å². The zero-order valence-corrected chi connectivity index (χ0v) is 9.32. The molecule has 1 heterocycles. The van der Waals surface area contributed by atoms with Gasteiger partial charge in [0.2, 0.25) is 0 Å². The number of carbonyl (C=O) groups is 1. The van der Waals surface area contributed by atoms with E-state index in [0.717, 1.165) is 0 Å². The normalized spacial score (nSPS) is 8.88. The van der Waals surface area contributed by atoms with E-state index in [1.165, 1.54) is 7.11 Å². The fraction of sp³-hybridized carbons (Fsp3) is 0.333. The number of hydrogen-bond donors (Lipinski definition) is 0. The number of hydrogen-bond acceptors (Lipinski definition) is 4. The highest BCUT2D eigenvalue weighted by atomic mass is 16.5. The molecule has 4 nitrogen and oxygen atoms in total. The lowest BCUT2D eigenvalue weighted by molar-refractivity contribution is -0.140. The Kier molecular flexibility index (Phi) is 4.87. The first kappa shape index (κ1) is 12.1. The molecule has 1 aromatic rings. The summed E-state index contributed by atoms with van der Waals surface area (Å²) in [4.78, 5) is 14.9. The van der Waals surface area contributed by atoms with E-state index in [0.29, 0.717) is 24.3 Å². The third kappa shape index (κ3) is 4.01. The standard InChI is InChI=1S/C12H13NO3/c1-15-11-7-8-13-10(9-11)5-3-4-6-12(14)16-2/h7-9H,4,6H2,1-2H3. The van der Waals surface area contributed by atoms with E-state index < -0.39 is 0 Å². The smallest absolute Gasteiger partial charge is 0.306 e. The van der Waals surface area contributed by atoms with Crippen LogP contribution in [0.1, 0.15) is 18.5 Å². The van der Waals surface area contributed by atoms with E-state index in [-0.39, 0.29) is 5.97 Å². The molecule has 0 aliphatic carbocycles. The molecule has 0 radical (unpaired) electrons. The average Bonchev–Trinajstić information content (AvgIpc) is 2.34. The van der Waals surface area contributed by atoms with Crippen molar-refractivity contribution in [3.63, 3.8) is 0 Å². The number of ether oxygens (including phenoxy) is 2. The first-order valence-corrected chi connectivity index (χ1v) is 4.82. The second-order valence-electron chi connectivity index (χ2n) is 2.96. The van der Waals surface area contributed by atoms with Crippen molar-refractivity contribution < 1.29 is 14.3 Å². The highest BCUT2D eigenvalue weighted by Gasteiger charge is 1.96. The number of nitrogens with zero attached hydrogens (tertiary/aromatic N) is 1. The fourth-order valence-corrected chi connectivity index (χ4v) is 1.03. The van der Waals surface area contributed by atoms with Gasteiger partial charge in [-0.3, -0.25) is 4.79 Å². The molecule has 0 unspecified atom stereocenters. The van der Waals surface area contributed by atoms with Crippen LogP contribution in [0.4, 0.5) is 0 Å². The van der Waals surface area contributed by atoms with Gasteiger partial charge >= 0.3 is 5.97 Å². The van der Waals surface area contributed by atoms with Crippen molar-refractivity contribution in [2.75, 3.05) is 14.2 Å². The van der Waals surface area contributed by atoms with Crippen molar-refractivity contribution in [1.29, 1.82) is 0 Å². The summed E-state index contributed by atoms with van der Waals surface area (Å²) in [5.41, 5.74) is 0.629. The van der Waals surface area contributed by atoms with E-state index in [4.69, 9.17) is 4.74 Å². The quantitative estimate of drug-likeness (QED) is 0.569. The number of esters is 1. The highest BCUT2D eigenvalue weighted by Crippen LogP contribution is 2.08. The number of methoxy groups -OCH3 is 2. The Morgan fingerprint density at radius 3 is 3.00 bits per heavy atom. The average molecular weight is 219 g/mol. The van der Waals surface area contributed by atoms with Crippen LogP contribution in [0.5, 0.6) is 5.75 Å². The molecule has 0 aliphatic heterocycles. The molecule has 0 amide bonds. The predicted molar refractivity (Wildman–Crippen MR) is 58.9 cm³/mol. The molecular formula is C12H13NO3.